The van der Waals surface area contributed by atoms with Crippen LogP contribution in [0.15, 0.2) is 101 Å². The standard InChI is InChI=1S/C28H16O/c1-3-7-21(8-4-1)11-13-23-15-17-27-25(19-23)26-20-24(16-18-28(26)29-27)14-12-22-9-5-2-6-10-22/h1-10,15-20H. The highest BCUT2D eigenvalue weighted by Gasteiger charge is 2.07. The molecule has 1 aromatic heterocycles. The van der Waals surface area contributed by atoms with E-state index in [1.54, 1.807) is 0 Å². The van der Waals surface area contributed by atoms with Gasteiger partial charge in [0.15, 0.2) is 0 Å². The first-order chi connectivity index (χ1) is 14.3. The van der Waals surface area contributed by atoms with E-state index in [0.717, 1.165) is 44.2 Å². The molecule has 0 fully saturated rings. The van der Waals surface area contributed by atoms with Gasteiger partial charge in [-0.25, -0.2) is 0 Å². The summed E-state index contributed by atoms with van der Waals surface area (Å²) in [5.74, 6) is 12.9. The molecular formula is C28H16O. The summed E-state index contributed by atoms with van der Waals surface area (Å²) in [6.07, 6.45) is 0. The van der Waals surface area contributed by atoms with Gasteiger partial charge in [0.05, 0.1) is 0 Å². The first-order valence-electron chi connectivity index (χ1n) is 9.46. The molecule has 0 bridgehead atoms. The molecule has 0 unspecified atom stereocenters. The van der Waals surface area contributed by atoms with Crippen molar-refractivity contribution in [2.75, 3.05) is 0 Å². The molecule has 0 amide bonds. The predicted octanol–water partition coefficient (Wildman–Crippen LogP) is 6.39. The third kappa shape index (κ3) is 3.63. The van der Waals surface area contributed by atoms with Crippen molar-refractivity contribution in [2.24, 2.45) is 0 Å². The van der Waals surface area contributed by atoms with E-state index in [0.29, 0.717) is 0 Å². The number of rotatable bonds is 0. The van der Waals surface area contributed by atoms with Crippen molar-refractivity contribution in [3.8, 4) is 23.7 Å². The molecule has 1 heterocycles. The van der Waals surface area contributed by atoms with Gasteiger partial charge in [0.25, 0.3) is 0 Å². The molecule has 5 aromatic rings. The second-order valence-electron chi connectivity index (χ2n) is 6.76. The van der Waals surface area contributed by atoms with Crippen LogP contribution in [0.1, 0.15) is 22.3 Å². The highest BCUT2D eigenvalue weighted by molar-refractivity contribution is 6.05. The molecular weight excluding hydrogens is 352 g/mol. The lowest BCUT2D eigenvalue weighted by Crippen LogP contribution is -1.77. The SMILES string of the molecule is C(#Cc1ccc2oc3ccc(C#Cc4ccccc4)cc3c2c1)c1ccccc1. The van der Waals surface area contributed by atoms with Crippen LogP contribution in [-0.2, 0) is 0 Å². The molecule has 0 saturated heterocycles. The average Bonchev–Trinajstić information content (AvgIpc) is 3.15. The second kappa shape index (κ2) is 7.43. The molecule has 0 radical (unpaired) electrons. The van der Waals surface area contributed by atoms with Gasteiger partial charge in [-0.3, -0.25) is 0 Å². The zero-order valence-electron chi connectivity index (χ0n) is 15.6. The Hall–Kier alpha value is -4.20. The van der Waals surface area contributed by atoms with Gasteiger partial charge < -0.3 is 4.42 Å². The quantitative estimate of drug-likeness (QED) is 0.289. The lowest BCUT2D eigenvalue weighted by atomic mass is 10.1. The van der Waals surface area contributed by atoms with Crippen molar-refractivity contribution in [3.05, 3.63) is 119 Å². The number of hydrogen-bond acceptors (Lipinski definition) is 1. The van der Waals surface area contributed by atoms with E-state index in [-0.39, 0.29) is 0 Å². The van der Waals surface area contributed by atoms with Crippen molar-refractivity contribution in [3.63, 3.8) is 0 Å². The smallest absolute Gasteiger partial charge is 0.135 e. The summed E-state index contributed by atoms with van der Waals surface area (Å²) in [7, 11) is 0. The highest BCUT2D eigenvalue weighted by Crippen LogP contribution is 2.30. The number of hydrogen-bond donors (Lipinski definition) is 0. The molecule has 29 heavy (non-hydrogen) atoms. The normalized spacial score (nSPS) is 10.2. The topological polar surface area (TPSA) is 13.1 Å². The maximum Gasteiger partial charge on any atom is 0.135 e. The summed E-state index contributed by atoms with van der Waals surface area (Å²) < 4.78 is 5.99. The Morgan fingerprint density at radius 2 is 0.828 bits per heavy atom. The van der Waals surface area contributed by atoms with Crippen LogP contribution in [-0.4, -0.2) is 0 Å². The zero-order valence-corrected chi connectivity index (χ0v) is 15.6. The maximum absolute atomic E-state index is 5.99. The fraction of sp³-hybridized carbons (Fsp3) is 0. The van der Waals surface area contributed by atoms with E-state index < -0.39 is 0 Å². The lowest BCUT2D eigenvalue weighted by molar-refractivity contribution is 0.669. The van der Waals surface area contributed by atoms with Crippen LogP contribution in [0.25, 0.3) is 21.9 Å². The molecule has 134 valence electrons. The molecule has 0 aliphatic rings. The molecule has 4 aromatic carbocycles. The number of fused-ring (bicyclic) bond motifs is 3. The van der Waals surface area contributed by atoms with Gasteiger partial charge in [-0.05, 0) is 60.7 Å². The summed E-state index contributed by atoms with van der Waals surface area (Å²) in [5, 5.41) is 2.12. The first-order valence-corrected chi connectivity index (χ1v) is 9.46. The average molecular weight is 368 g/mol. The Kier molecular flexibility index (Phi) is 4.34. The maximum atomic E-state index is 5.99. The van der Waals surface area contributed by atoms with Gasteiger partial charge >= 0.3 is 0 Å². The Bertz CT molecular complexity index is 1320. The van der Waals surface area contributed by atoms with Crippen LogP contribution in [0.4, 0.5) is 0 Å². The van der Waals surface area contributed by atoms with E-state index in [4.69, 9.17) is 4.42 Å². The molecule has 0 aliphatic heterocycles. The Balaban J connectivity index is 1.55. The summed E-state index contributed by atoms with van der Waals surface area (Å²) in [6.45, 7) is 0. The van der Waals surface area contributed by atoms with Gasteiger partial charge in [0.1, 0.15) is 11.2 Å². The minimum atomic E-state index is 0.860. The second-order valence-corrected chi connectivity index (χ2v) is 6.76. The van der Waals surface area contributed by atoms with Crippen molar-refractivity contribution in [2.45, 2.75) is 0 Å². The summed E-state index contributed by atoms with van der Waals surface area (Å²) in [5.41, 5.74) is 5.65. The summed E-state index contributed by atoms with van der Waals surface area (Å²) >= 11 is 0. The van der Waals surface area contributed by atoms with Crippen molar-refractivity contribution in [1.82, 2.24) is 0 Å². The predicted molar refractivity (Wildman–Crippen MR) is 119 cm³/mol. The fourth-order valence-corrected chi connectivity index (χ4v) is 3.26. The number of furan rings is 1. The van der Waals surface area contributed by atoms with E-state index in [2.05, 4.69) is 35.8 Å². The molecule has 1 nitrogen and oxygen atoms in total. The van der Waals surface area contributed by atoms with Crippen molar-refractivity contribution < 1.29 is 4.42 Å². The van der Waals surface area contributed by atoms with Gasteiger partial charge in [-0.1, -0.05) is 60.1 Å². The van der Waals surface area contributed by atoms with Crippen molar-refractivity contribution in [1.29, 1.82) is 0 Å². The lowest BCUT2D eigenvalue weighted by Gasteiger charge is -1.94. The van der Waals surface area contributed by atoms with Crippen LogP contribution >= 0.6 is 0 Å². The minimum Gasteiger partial charge on any atom is -0.456 e. The molecule has 0 aliphatic carbocycles. The van der Waals surface area contributed by atoms with Crippen LogP contribution in [0.3, 0.4) is 0 Å². The Labute approximate surface area is 169 Å². The molecule has 0 saturated carbocycles. The fourth-order valence-electron chi connectivity index (χ4n) is 3.26. The zero-order chi connectivity index (χ0) is 19.5. The molecule has 5 rings (SSSR count). The Morgan fingerprint density at radius 3 is 1.28 bits per heavy atom. The Morgan fingerprint density at radius 1 is 0.414 bits per heavy atom. The summed E-state index contributed by atoms with van der Waals surface area (Å²) in [4.78, 5) is 0. The largest absolute Gasteiger partial charge is 0.456 e. The van der Waals surface area contributed by atoms with Gasteiger partial charge in [0.2, 0.25) is 0 Å². The van der Waals surface area contributed by atoms with E-state index in [9.17, 15) is 0 Å². The third-order valence-electron chi connectivity index (χ3n) is 4.72. The minimum absolute atomic E-state index is 0.860. The van der Waals surface area contributed by atoms with Crippen LogP contribution < -0.4 is 0 Å². The van der Waals surface area contributed by atoms with Crippen LogP contribution in [0.5, 0.6) is 0 Å². The van der Waals surface area contributed by atoms with Crippen LogP contribution in [0.2, 0.25) is 0 Å². The van der Waals surface area contributed by atoms with Gasteiger partial charge in [0, 0.05) is 33.0 Å². The van der Waals surface area contributed by atoms with E-state index in [1.807, 2.05) is 84.9 Å². The van der Waals surface area contributed by atoms with Gasteiger partial charge in [-0.15, -0.1) is 0 Å². The van der Waals surface area contributed by atoms with E-state index >= 15 is 0 Å². The first kappa shape index (κ1) is 16.9. The molecule has 1 heteroatoms. The molecule has 0 atom stereocenters. The van der Waals surface area contributed by atoms with Gasteiger partial charge in [-0.2, -0.15) is 0 Å². The summed E-state index contributed by atoms with van der Waals surface area (Å²) in [6, 6.07) is 32.1. The molecule has 0 spiro atoms. The van der Waals surface area contributed by atoms with Crippen LogP contribution in [0, 0.1) is 23.7 Å². The van der Waals surface area contributed by atoms with E-state index in [1.165, 1.54) is 0 Å². The monoisotopic (exact) mass is 368 g/mol. The number of benzene rings is 4. The molecule has 0 N–H and O–H groups in total. The third-order valence-corrected chi connectivity index (χ3v) is 4.72. The highest BCUT2D eigenvalue weighted by atomic mass is 16.3. The van der Waals surface area contributed by atoms with Crippen molar-refractivity contribution >= 4 is 21.9 Å².